The molecule has 0 N–H and O–H groups in total. The third kappa shape index (κ3) is 3.03. The van der Waals surface area contributed by atoms with E-state index in [4.69, 9.17) is 5.26 Å². The molecule has 3 heteroatoms. The van der Waals surface area contributed by atoms with Crippen LogP contribution in [-0.2, 0) is 6.54 Å². The molecule has 1 aromatic heterocycles. The minimum absolute atomic E-state index is 0.612. The van der Waals surface area contributed by atoms with Gasteiger partial charge in [-0.2, -0.15) is 5.26 Å². The zero-order valence-corrected chi connectivity index (χ0v) is 11.8. The van der Waals surface area contributed by atoms with Gasteiger partial charge in [-0.1, -0.05) is 17.7 Å². The molecule has 0 atom stereocenters. The summed E-state index contributed by atoms with van der Waals surface area (Å²) in [7, 11) is 0. The van der Waals surface area contributed by atoms with E-state index in [2.05, 4.69) is 66.8 Å². The van der Waals surface area contributed by atoms with Gasteiger partial charge in [0, 0.05) is 6.42 Å². The molecule has 1 heterocycles. The first-order valence-electron chi connectivity index (χ1n) is 6.64. The maximum absolute atomic E-state index is 8.56. The number of hydrogen-bond acceptors (Lipinski definition) is 1. The highest BCUT2D eigenvalue weighted by Gasteiger charge is 2.12. The number of aryl methyl sites for hydroxylation is 4. The number of nitrogens with zero attached hydrogens (tertiary/aromatic N) is 3. The summed E-state index contributed by atoms with van der Waals surface area (Å²) in [5.41, 5.74) is 5.13. The van der Waals surface area contributed by atoms with Gasteiger partial charge in [-0.05, 0) is 38.3 Å². The summed E-state index contributed by atoms with van der Waals surface area (Å²) < 4.78 is 4.30. The van der Waals surface area contributed by atoms with Gasteiger partial charge in [-0.15, -0.1) is 0 Å². The van der Waals surface area contributed by atoms with E-state index in [1.165, 1.54) is 22.4 Å². The average molecular weight is 254 g/mol. The largest absolute Gasteiger partial charge is 0.248 e. The predicted octanol–water partition coefficient (Wildman–Crippen LogP) is 2.99. The molecular weight excluding hydrogens is 234 g/mol. The van der Waals surface area contributed by atoms with Crippen molar-refractivity contribution >= 4 is 0 Å². The van der Waals surface area contributed by atoms with Gasteiger partial charge in [-0.25, -0.2) is 9.13 Å². The van der Waals surface area contributed by atoms with Crippen LogP contribution < -0.4 is 4.57 Å². The van der Waals surface area contributed by atoms with Crippen LogP contribution in [0.25, 0.3) is 5.69 Å². The van der Waals surface area contributed by atoms with Crippen molar-refractivity contribution in [1.82, 2.24) is 4.57 Å². The molecule has 0 spiro atoms. The molecule has 2 aromatic rings. The average Bonchev–Trinajstić information content (AvgIpc) is 2.76. The Labute approximate surface area is 114 Å². The van der Waals surface area contributed by atoms with E-state index in [9.17, 15) is 0 Å². The highest BCUT2D eigenvalue weighted by atomic mass is 15.1. The maximum atomic E-state index is 8.56. The number of imidazole rings is 1. The number of rotatable bonds is 4. The molecule has 0 aliphatic carbocycles. The quantitative estimate of drug-likeness (QED) is 0.610. The highest BCUT2D eigenvalue weighted by Crippen LogP contribution is 2.20. The Morgan fingerprint density at radius 3 is 2.53 bits per heavy atom. The molecule has 0 bridgehead atoms. The SMILES string of the molecule is Cc1cc(C)c(-n2cc[n+](CCCC#N)c2)c(C)c1. The lowest BCUT2D eigenvalue weighted by atomic mass is 10.1. The first-order chi connectivity index (χ1) is 9.11. The Hall–Kier alpha value is -2.08. The van der Waals surface area contributed by atoms with Crippen LogP contribution in [0.2, 0.25) is 0 Å². The van der Waals surface area contributed by atoms with E-state index in [1.807, 2.05) is 0 Å². The molecule has 19 heavy (non-hydrogen) atoms. The number of benzene rings is 1. The Balaban J connectivity index is 2.26. The van der Waals surface area contributed by atoms with Crippen LogP contribution in [0, 0.1) is 32.1 Å². The minimum atomic E-state index is 0.612. The van der Waals surface area contributed by atoms with E-state index in [-0.39, 0.29) is 0 Å². The molecule has 0 aliphatic heterocycles. The predicted molar refractivity (Wildman–Crippen MR) is 75.0 cm³/mol. The molecule has 0 aliphatic rings. The van der Waals surface area contributed by atoms with E-state index < -0.39 is 0 Å². The lowest BCUT2D eigenvalue weighted by molar-refractivity contribution is -0.696. The smallest absolute Gasteiger partial charge is 0.236 e. The van der Waals surface area contributed by atoms with Gasteiger partial charge in [0.1, 0.15) is 18.1 Å². The molecule has 0 saturated heterocycles. The summed E-state index contributed by atoms with van der Waals surface area (Å²) in [6, 6.07) is 6.60. The zero-order chi connectivity index (χ0) is 13.8. The van der Waals surface area contributed by atoms with Crippen molar-refractivity contribution in [1.29, 1.82) is 5.26 Å². The van der Waals surface area contributed by atoms with Crippen molar-refractivity contribution in [3.8, 4) is 11.8 Å². The van der Waals surface area contributed by atoms with Crippen molar-refractivity contribution in [3.05, 3.63) is 47.5 Å². The van der Waals surface area contributed by atoms with Gasteiger partial charge >= 0.3 is 0 Å². The van der Waals surface area contributed by atoms with Crippen molar-refractivity contribution in [2.75, 3.05) is 0 Å². The number of hydrogen-bond donors (Lipinski definition) is 0. The fourth-order valence-electron chi connectivity index (χ4n) is 2.58. The molecule has 98 valence electrons. The normalized spacial score (nSPS) is 10.4. The van der Waals surface area contributed by atoms with E-state index >= 15 is 0 Å². The Bertz CT molecular complexity index is 594. The summed E-state index contributed by atoms with van der Waals surface area (Å²) >= 11 is 0. The van der Waals surface area contributed by atoms with Crippen molar-refractivity contribution in [2.45, 2.75) is 40.2 Å². The highest BCUT2D eigenvalue weighted by molar-refractivity contribution is 5.48. The molecular formula is C16H20N3+. The zero-order valence-electron chi connectivity index (χ0n) is 11.8. The van der Waals surface area contributed by atoms with Crippen LogP contribution in [0.4, 0.5) is 0 Å². The third-order valence-corrected chi connectivity index (χ3v) is 3.29. The molecule has 0 saturated carbocycles. The van der Waals surface area contributed by atoms with Gasteiger partial charge in [0.2, 0.25) is 6.33 Å². The van der Waals surface area contributed by atoms with Crippen LogP contribution in [0.5, 0.6) is 0 Å². The Morgan fingerprint density at radius 1 is 1.21 bits per heavy atom. The van der Waals surface area contributed by atoms with Gasteiger partial charge < -0.3 is 0 Å². The van der Waals surface area contributed by atoms with Crippen LogP contribution in [0.3, 0.4) is 0 Å². The van der Waals surface area contributed by atoms with Gasteiger partial charge in [0.05, 0.1) is 12.6 Å². The second-order valence-corrected chi connectivity index (χ2v) is 5.07. The molecule has 0 unspecified atom stereocenters. The minimum Gasteiger partial charge on any atom is -0.236 e. The summed E-state index contributed by atoms with van der Waals surface area (Å²) in [6.45, 7) is 7.32. The molecule has 1 aromatic carbocycles. The first kappa shape index (κ1) is 13.4. The van der Waals surface area contributed by atoms with E-state index in [1.54, 1.807) is 0 Å². The standard InChI is InChI=1S/C16H20N3/c1-13-10-14(2)16(15(3)11-13)19-9-8-18(12-19)7-5-4-6-17/h8-12H,4-5,7H2,1-3H3/q+1. The second kappa shape index (κ2) is 5.71. The first-order valence-corrected chi connectivity index (χ1v) is 6.64. The van der Waals surface area contributed by atoms with E-state index in [0.717, 1.165) is 13.0 Å². The fourth-order valence-corrected chi connectivity index (χ4v) is 2.58. The summed E-state index contributed by atoms with van der Waals surface area (Å²) in [4.78, 5) is 0. The lowest BCUT2D eigenvalue weighted by Gasteiger charge is -2.06. The van der Waals surface area contributed by atoms with E-state index in [0.29, 0.717) is 6.42 Å². The van der Waals surface area contributed by atoms with Gasteiger partial charge in [-0.3, -0.25) is 0 Å². The van der Waals surface area contributed by atoms with Crippen molar-refractivity contribution in [2.24, 2.45) is 0 Å². The van der Waals surface area contributed by atoms with Crippen LogP contribution >= 0.6 is 0 Å². The molecule has 0 fully saturated rings. The maximum Gasteiger partial charge on any atom is 0.248 e. The second-order valence-electron chi connectivity index (χ2n) is 5.07. The van der Waals surface area contributed by atoms with Crippen LogP contribution in [0.1, 0.15) is 29.5 Å². The van der Waals surface area contributed by atoms with Gasteiger partial charge in [0.15, 0.2) is 0 Å². The Morgan fingerprint density at radius 2 is 1.89 bits per heavy atom. The van der Waals surface area contributed by atoms with Crippen LogP contribution in [0.15, 0.2) is 30.9 Å². The lowest BCUT2D eigenvalue weighted by Crippen LogP contribution is -2.30. The molecule has 0 amide bonds. The topological polar surface area (TPSA) is 32.6 Å². The van der Waals surface area contributed by atoms with Crippen LogP contribution in [-0.4, -0.2) is 4.57 Å². The summed E-state index contributed by atoms with van der Waals surface area (Å²) in [5.74, 6) is 0. The number of aromatic nitrogens is 2. The monoisotopic (exact) mass is 254 g/mol. The molecule has 0 radical (unpaired) electrons. The molecule has 3 nitrogen and oxygen atoms in total. The van der Waals surface area contributed by atoms with Gasteiger partial charge in [0.25, 0.3) is 0 Å². The number of nitriles is 1. The summed E-state index contributed by atoms with van der Waals surface area (Å²) in [5, 5.41) is 8.56. The molecule has 2 rings (SSSR count). The fraction of sp³-hybridized carbons (Fsp3) is 0.375. The Kier molecular flexibility index (Phi) is 4.01. The summed E-state index contributed by atoms with van der Waals surface area (Å²) in [6.07, 6.45) is 7.76. The van der Waals surface area contributed by atoms with Crippen molar-refractivity contribution < 1.29 is 4.57 Å². The third-order valence-electron chi connectivity index (χ3n) is 3.29. The van der Waals surface area contributed by atoms with Crippen molar-refractivity contribution in [3.63, 3.8) is 0 Å². The number of unbranched alkanes of at least 4 members (excludes halogenated alkanes) is 1.